The number of nitrogens with zero attached hydrogens (tertiary/aromatic N) is 1. The Labute approximate surface area is 82.0 Å². The lowest BCUT2D eigenvalue weighted by atomic mass is 10.2. The smallest absolute Gasteiger partial charge is 0.292 e. The van der Waals surface area contributed by atoms with Crippen molar-refractivity contribution in [3.8, 4) is 0 Å². The van der Waals surface area contributed by atoms with Crippen LogP contribution in [0.5, 0.6) is 0 Å². The second kappa shape index (κ2) is 5.62. The van der Waals surface area contributed by atoms with E-state index in [0.717, 1.165) is 18.4 Å². The lowest BCUT2D eigenvalue weighted by molar-refractivity contribution is -0.0856. The van der Waals surface area contributed by atoms with Crippen LogP contribution in [0.1, 0.15) is 13.8 Å². The second-order valence-corrected chi connectivity index (χ2v) is 3.24. The van der Waals surface area contributed by atoms with Crippen molar-refractivity contribution in [1.29, 1.82) is 0 Å². The number of allylic oxidation sites excluding steroid dienone is 3. The van der Waals surface area contributed by atoms with Crippen molar-refractivity contribution in [3.63, 3.8) is 0 Å². The first kappa shape index (κ1) is 12.9. The monoisotopic (exact) mass is 205 g/mol. The van der Waals surface area contributed by atoms with Gasteiger partial charge in [0.05, 0.1) is 5.57 Å². The molecule has 14 heavy (non-hydrogen) atoms. The summed E-state index contributed by atoms with van der Waals surface area (Å²) in [4.78, 5) is 3.70. The van der Waals surface area contributed by atoms with Gasteiger partial charge in [0.1, 0.15) is 0 Å². The Morgan fingerprint density at radius 1 is 1.43 bits per heavy atom. The van der Waals surface area contributed by atoms with E-state index in [4.69, 9.17) is 0 Å². The first-order chi connectivity index (χ1) is 6.38. The predicted molar refractivity (Wildman–Crippen MR) is 52.5 cm³/mol. The molecule has 0 bridgehead atoms. The van der Waals surface area contributed by atoms with E-state index in [2.05, 4.69) is 11.6 Å². The number of aliphatic imine (C=N–C) groups is 1. The fourth-order valence-corrected chi connectivity index (χ4v) is 0.700. The largest absolute Gasteiger partial charge is 0.417 e. The molecule has 1 nitrogen and oxygen atoms in total. The molecule has 0 spiro atoms. The lowest BCUT2D eigenvalue weighted by Crippen LogP contribution is -2.13. The molecule has 0 rings (SSSR count). The van der Waals surface area contributed by atoms with Crippen LogP contribution in [0.2, 0.25) is 0 Å². The van der Waals surface area contributed by atoms with E-state index in [1.807, 2.05) is 13.8 Å². The highest BCUT2D eigenvalue weighted by atomic mass is 19.4. The number of rotatable bonds is 4. The summed E-state index contributed by atoms with van der Waals surface area (Å²) >= 11 is 0. The minimum Gasteiger partial charge on any atom is -0.292 e. The van der Waals surface area contributed by atoms with Crippen molar-refractivity contribution >= 4 is 6.21 Å². The summed E-state index contributed by atoms with van der Waals surface area (Å²) in [6, 6.07) is 0. The van der Waals surface area contributed by atoms with Gasteiger partial charge in [-0.25, -0.2) is 0 Å². The molecular formula is C10H14F3N. The molecule has 0 saturated carbocycles. The molecule has 0 N–H and O–H groups in total. The minimum absolute atomic E-state index is 0.254. The zero-order chi connectivity index (χ0) is 11.2. The third kappa shape index (κ3) is 5.56. The van der Waals surface area contributed by atoms with Crippen LogP contribution in [-0.2, 0) is 0 Å². The van der Waals surface area contributed by atoms with E-state index < -0.39 is 11.7 Å². The average molecular weight is 205 g/mol. The Bertz CT molecular complexity index is 236. The van der Waals surface area contributed by atoms with Gasteiger partial charge >= 0.3 is 6.18 Å². The normalized spacial score (nSPS) is 14.0. The zero-order valence-electron chi connectivity index (χ0n) is 8.30. The zero-order valence-corrected chi connectivity index (χ0v) is 8.30. The Morgan fingerprint density at radius 3 is 2.36 bits per heavy atom. The lowest BCUT2D eigenvalue weighted by Gasteiger charge is -2.06. The van der Waals surface area contributed by atoms with Gasteiger partial charge in [-0.3, -0.25) is 4.99 Å². The first-order valence-electron chi connectivity index (χ1n) is 4.27. The van der Waals surface area contributed by atoms with Crippen molar-refractivity contribution in [2.45, 2.75) is 20.0 Å². The fraction of sp³-hybridized carbons (Fsp3) is 0.500. The molecule has 4 heteroatoms. The average Bonchev–Trinajstić information content (AvgIpc) is 2.00. The molecule has 0 aromatic rings. The summed E-state index contributed by atoms with van der Waals surface area (Å²) in [5, 5.41) is 0. The van der Waals surface area contributed by atoms with Crippen LogP contribution in [0.15, 0.2) is 29.3 Å². The minimum atomic E-state index is -4.35. The first-order valence-corrected chi connectivity index (χ1v) is 4.27. The van der Waals surface area contributed by atoms with Crippen LogP contribution < -0.4 is 0 Å². The van der Waals surface area contributed by atoms with Crippen molar-refractivity contribution in [2.75, 3.05) is 6.54 Å². The van der Waals surface area contributed by atoms with E-state index in [9.17, 15) is 13.2 Å². The van der Waals surface area contributed by atoms with Crippen LogP contribution >= 0.6 is 0 Å². The Morgan fingerprint density at radius 2 is 2.00 bits per heavy atom. The Balaban J connectivity index is 4.48. The van der Waals surface area contributed by atoms with Crippen molar-refractivity contribution in [2.24, 2.45) is 10.9 Å². The fourth-order valence-electron chi connectivity index (χ4n) is 0.700. The van der Waals surface area contributed by atoms with E-state index in [-0.39, 0.29) is 5.92 Å². The summed E-state index contributed by atoms with van der Waals surface area (Å²) in [5.74, 6) is 0.254. The van der Waals surface area contributed by atoms with Gasteiger partial charge < -0.3 is 0 Å². The van der Waals surface area contributed by atoms with Crippen LogP contribution in [0.4, 0.5) is 13.2 Å². The molecule has 0 unspecified atom stereocenters. The van der Waals surface area contributed by atoms with Gasteiger partial charge in [0.2, 0.25) is 0 Å². The Kier molecular flexibility index (Phi) is 5.20. The number of hydrogen-bond donors (Lipinski definition) is 0. The van der Waals surface area contributed by atoms with Gasteiger partial charge in [0.15, 0.2) is 0 Å². The highest BCUT2D eigenvalue weighted by molar-refractivity contribution is 5.80. The van der Waals surface area contributed by atoms with Crippen molar-refractivity contribution in [3.05, 3.63) is 24.3 Å². The highest BCUT2D eigenvalue weighted by Crippen LogP contribution is 2.24. The van der Waals surface area contributed by atoms with Crippen LogP contribution in [-0.4, -0.2) is 18.9 Å². The Hall–Kier alpha value is -1.06. The summed E-state index contributed by atoms with van der Waals surface area (Å²) in [6.07, 6.45) is -1.50. The summed E-state index contributed by atoms with van der Waals surface area (Å²) in [5.41, 5.74) is -0.770. The molecule has 0 radical (unpaired) electrons. The maximum absolute atomic E-state index is 12.2. The molecule has 0 aliphatic heterocycles. The van der Waals surface area contributed by atoms with Gasteiger partial charge in [0.25, 0.3) is 0 Å². The molecule has 0 heterocycles. The van der Waals surface area contributed by atoms with Crippen LogP contribution in [0.25, 0.3) is 0 Å². The summed E-state index contributed by atoms with van der Waals surface area (Å²) in [6.45, 7) is 7.39. The van der Waals surface area contributed by atoms with E-state index in [0.29, 0.717) is 6.54 Å². The van der Waals surface area contributed by atoms with Gasteiger partial charge in [0, 0.05) is 12.8 Å². The van der Waals surface area contributed by atoms with Crippen molar-refractivity contribution in [1.82, 2.24) is 0 Å². The third-order valence-corrected chi connectivity index (χ3v) is 1.33. The van der Waals surface area contributed by atoms with Gasteiger partial charge in [-0.05, 0) is 12.0 Å². The van der Waals surface area contributed by atoms with Gasteiger partial charge in [-0.1, -0.05) is 26.5 Å². The third-order valence-electron chi connectivity index (χ3n) is 1.33. The maximum atomic E-state index is 12.2. The van der Waals surface area contributed by atoms with Gasteiger partial charge in [-0.15, -0.1) is 0 Å². The summed E-state index contributed by atoms with van der Waals surface area (Å²) < 4.78 is 36.7. The molecular weight excluding hydrogens is 191 g/mol. The number of halogens is 3. The SMILES string of the molecule is C=C/C=C(\C=N/CC(C)C)C(F)(F)F. The molecule has 0 aromatic carbocycles. The molecule has 80 valence electrons. The van der Waals surface area contributed by atoms with E-state index >= 15 is 0 Å². The molecule has 0 aliphatic carbocycles. The number of hydrogen-bond acceptors (Lipinski definition) is 1. The molecule has 0 aliphatic rings. The second-order valence-electron chi connectivity index (χ2n) is 3.24. The molecule has 0 amide bonds. The van der Waals surface area contributed by atoms with E-state index in [1.165, 1.54) is 0 Å². The van der Waals surface area contributed by atoms with Crippen LogP contribution in [0, 0.1) is 5.92 Å². The highest BCUT2D eigenvalue weighted by Gasteiger charge is 2.31. The summed E-state index contributed by atoms with van der Waals surface area (Å²) in [7, 11) is 0. The maximum Gasteiger partial charge on any atom is 0.417 e. The topological polar surface area (TPSA) is 12.4 Å². The standard InChI is InChI=1S/C10H14F3N/c1-4-5-9(10(11,12)13)7-14-6-8(2)3/h4-5,7-8H,1,6H2,2-3H3/b9-5+,14-7-. The number of alkyl halides is 3. The molecule has 0 saturated heterocycles. The van der Waals surface area contributed by atoms with E-state index in [1.54, 1.807) is 0 Å². The molecule has 0 fully saturated rings. The quantitative estimate of drug-likeness (QED) is 0.492. The van der Waals surface area contributed by atoms with Crippen LogP contribution in [0.3, 0.4) is 0 Å². The molecule has 0 atom stereocenters. The van der Waals surface area contributed by atoms with Crippen molar-refractivity contribution < 1.29 is 13.2 Å². The molecule has 0 aromatic heterocycles. The predicted octanol–water partition coefficient (Wildman–Crippen LogP) is 3.39. The van der Waals surface area contributed by atoms with Gasteiger partial charge in [-0.2, -0.15) is 13.2 Å².